The lowest BCUT2D eigenvalue weighted by atomic mass is 9.90. The molecule has 0 radical (unpaired) electrons. The molecule has 114 heavy (non-hydrogen) atoms. The highest BCUT2D eigenvalue weighted by atomic mass is 32.1. The van der Waals surface area contributed by atoms with E-state index >= 15 is 0 Å². The molecule has 9 heterocycles. The molecule has 1 unspecified atom stereocenters. The standard InChI is InChI=1S/3C26H29F2N7O2S/c3*1-34-21(9-16(33-34)23(27)28)31-25-32-29-12-35(25)14-4-5-18-15(8-14)22(19(38-18)10-17(36)13-2-3-13)24(37)30-20-11-26(20)6-7-26/h3*9,12-14,20,23H,2-8,10-11H2,1H3,(H,30,37)(H,31,32)/t14-,20?;14-,20+;14-,20-/m000/s1. The molecule has 9 aromatic rings. The van der Waals surface area contributed by atoms with E-state index in [0.29, 0.717) is 107 Å². The third kappa shape index (κ3) is 14.9. The number of hydrogen-bond acceptors (Lipinski definition) is 21. The number of halogens is 6. The van der Waals surface area contributed by atoms with Crippen LogP contribution in [0.5, 0.6) is 0 Å². The first-order valence-corrected chi connectivity index (χ1v) is 42.3. The van der Waals surface area contributed by atoms with Crippen LogP contribution in [0.3, 0.4) is 0 Å². The van der Waals surface area contributed by atoms with E-state index in [1.165, 1.54) is 85.4 Å². The van der Waals surface area contributed by atoms with Crippen LogP contribution in [-0.2, 0) is 93.3 Å². The lowest BCUT2D eigenvalue weighted by Crippen LogP contribution is -2.30. The van der Waals surface area contributed by atoms with Crippen molar-refractivity contribution in [3.8, 4) is 0 Å². The summed E-state index contributed by atoms with van der Waals surface area (Å²) in [4.78, 5) is 85.2. The van der Waals surface area contributed by atoms with Crippen LogP contribution in [0.4, 0.5) is 61.6 Å². The molecular weight excluding hydrogens is 1540 g/mol. The van der Waals surface area contributed by atoms with E-state index in [-0.39, 0.29) is 106 Å². The third-order valence-corrected chi connectivity index (χ3v) is 29.7. The maximum atomic E-state index is 13.6. The highest BCUT2D eigenvalue weighted by molar-refractivity contribution is 7.13. The Hall–Kier alpha value is -9.45. The molecule has 9 aromatic heterocycles. The zero-order valence-electron chi connectivity index (χ0n) is 63.1. The van der Waals surface area contributed by atoms with Gasteiger partial charge in [-0.25, -0.2) is 26.3 Å². The number of aromatic nitrogens is 15. The molecule has 0 aliphatic heterocycles. The number of thiophene rings is 3. The van der Waals surface area contributed by atoms with Gasteiger partial charge in [-0.2, -0.15) is 15.3 Å². The van der Waals surface area contributed by atoms with Crippen molar-refractivity contribution >= 4 is 104 Å². The van der Waals surface area contributed by atoms with E-state index in [0.717, 1.165) is 128 Å². The van der Waals surface area contributed by atoms with E-state index in [2.05, 4.69) is 77.8 Å². The molecule has 36 heteroatoms. The smallest absolute Gasteiger partial charge is 0.282 e. The quantitative estimate of drug-likeness (QED) is 0.0261. The average molecular weight is 1620 g/mol. The molecule has 6 atom stereocenters. The molecule has 3 spiro atoms. The van der Waals surface area contributed by atoms with Crippen LogP contribution in [0.25, 0.3) is 0 Å². The molecule has 12 aliphatic rings. The summed E-state index contributed by atoms with van der Waals surface area (Å²) in [5.41, 5.74) is 5.25. The lowest BCUT2D eigenvalue weighted by molar-refractivity contribution is -0.120. The Bertz CT molecular complexity index is 4820. The number of fused-ring (bicyclic) bond motifs is 3. The van der Waals surface area contributed by atoms with Gasteiger partial charge in [-0.1, -0.05) is 0 Å². The fraction of sp³-hybridized carbons (Fsp3) is 0.577. The van der Waals surface area contributed by atoms with Gasteiger partial charge in [0.1, 0.15) is 70.9 Å². The van der Waals surface area contributed by atoms with Crippen LogP contribution in [0.15, 0.2) is 37.2 Å². The van der Waals surface area contributed by atoms with Gasteiger partial charge in [-0.15, -0.1) is 64.6 Å². The van der Waals surface area contributed by atoms with Gasteiger partial charge in [0, 0.05) is 142 Å². The number of carbonyl (C=O) groups excluding carboxylic acids is 6. The van der Waals surface area contributed by atoms with Crippen LogP contribution in [-0.4, -0.2) is 127 Å². The maximum absolute atomic E-state index is 13.6. The van der Waals surface area contributed by atoms with E-state index in [4.69, 9.17) is 0 Å². The lowest BCUT2D eigenvalue weighted by Gasteiger charge is -2.25. The van der Waals surface area contributed by atoms with Gasteiger partial charge in [-0.3, -0.25) is 56.5 Å². The topological polar surface area (TPSA) is 320 Å². The summed E-state index contributed by atoms with van der Waals surface area (Å²) in [7, 11) is 4.77. The number of nitrogens with one attached hydrogen (secondary N) is 6. The number of amides is 3. The van der Waals surface area contributed by atoms with Crippen molar-refractivity contribution in [2.24, 2.45) is 55.1 Å². The van der Waals surface area contributed by atoms with Gasteiger partial charge in [0.05, 0.1) is 16.7 Å². The predicted molar refractivity (Wildman–Crippen MR) is 407 cm³/mol. The minimum atomic E-state index is -2.67. The van der Waals surface area contributed by atoms with Crippen molar-refractivity contribution in [3.63, 3.8) is 0 Å². The fourth-order valence-electron chi connectivity index (χ4n) is 17.6. The molecular formula is C78H87F6N21O6S3. The van der Waals surface area contributed by atoms with Gasteiger partial charge in [-0.05, 0) is 187 Å². The Balaban J connectivity index is 0.000000115. The number of ketones is 3. The number of alkyl halides is 6. The summed E-state index contributed by atoms with van der Waals surface area (Å²) >= 11 is 4.86. The molecule has 0 bridgehead atoms. The van der Waals surface area contributed by atoms with Gasteiger partial charge in [0.2, 0.25) is 17.8 Å². The molecule has 600 valence electrons. The number of carbonyl (C=O) groups is 6. The van der Waals surface area contributed by atoms with Crippen LogP contribution >= 0.6 is 34.0 Å². The highest BCUT2D eigenvalue weighted by Crippen LogP contribution is 2.67. The predicted octanol–water partition coefficient (Wildman–Crippen LogP) is 12.9. The molecule has 9 fully saturated rings. The molecule has 3 amide bonds. The van der Waals surface area contributed by atoms with Crippen molar-refractivity contribution in [2.75, 3.05) is 16.0 Å². The minimum Gasteiger partial charge on any atom is -0.349 e. The molecule has 27 nitrogen and oxygen atoms in total. The average Bonchev–Trinajstić information content (AvgIpc) is 1.55. The molecule has 12 aliphatic carbocycles. The van der Waals surface area contributed by atoms with Crippen molar-refractivity contribution in [1.29, 1.82) is 0 Å². The molecule has 0 aromatic carbocycles. The number of hydrogen-bond donors (Lipinski definition) is 6. The Morgan fingerprint density at radius 3 is 0.921 bits per heavy atom. The van der Waals surface area contributed by atoms with Gasteiger partial charge < -0.3 is 31.9 Å². The first-order valence-electron chi connectivity index (χ1n) is 39.8. The second-order valence-corrected chi connectivity index (χ2v) is 37.4. The SMILES string of the molecule is Cn1nc(C(F)F)cc1Nc1nncn1[C@H]1CCc2sc(CC(=O)C3CC3)c(C(=O)NC3CC34CC4)c2C1.Cn1nc(C(F)F)cc1Nc1nncn1[C@H]1CCc2sc(CC(=O)C3CC3)c(C(=O)N[C@@H]3CC34CC4)c2C1.Cn1nc(C(F)F)cc1Nc1nncn1[C@H]1CCc2sc(CC(=O)C3CC3)c(C(=O)N[C@H]3CC34CC4)c2C1. The largest absolute Gasteiger partial charge is 0.349 e. The van der Waals surface area contributed by atoms with Gasteiger partial charge in [0.15, 0.2) is 0 Å². The number of Topliss-reactive ketones (excluding diaryl/α,β-unsaturated/α-hetero) is 3. The van der Waals surface area contributed by atoms with Crippen molar-refractivity contribution in [2.45, 2.75) is 229 Å². The number of aryl methyl sites for hydroxylation is 6. The van der Waals surface area contributed by atoms with Crippen LogP contribution < -0.4 is 31.9 Å². The zero-order valence-corrected chi connectivity index (χ0v) is 65.6. The zero-order chi connectivity index (χ0) is 78.5. The Labute approximate surface area is 662 Å². The molecule has 21 rings (SSSR count). The second-order valence-electron chi connectivity index (χ2n) is 33.8. The monoisotopic (exact) mass is 1620 g/mol. The van der Waals surface area contributed by atoms with Crippen molar-refractivity contribution < 1.29 is 55.1 Å². The maximum Gasteiger partial charge on any atom is 0.282 e. The summed E-state index contributed by atoms with van der Waals surface area (Å²) in [6.45, 7) is 0. The van der Waals surface area contributed by atoms with E-state index in [1.54, 1.807) is 74.1 Å². The summed E-state index contributed by atoms with van der Waals surface area (Å²) in [6.07, 6.45) is 20.6. The Morgan fingerprint density at radius 2 is 0.693 bits per heavy atom. The number of rotatable bonds is 27. The molecule has 6 N–H and O–H groups in total. The third-order valence-electron chi connectivity index (χ3n) is 25.9. The first kappa shape index (κ1) is 74.6. The highest BCUT2D eigenvalue weighted by Gasteiger charge is 2.65. The first-order chi connectivity index (χ1) is 54.9. The molecule has 9 saturated carbocycles. The van der Waals surface area contributed by atoms with E-state index in [9.17, 15) is 55.1 Å². The second kappa shape index (κ2) is 28.8. The fourth-order valence-corrected chi connectivity index (χ4v) is 21.7. The van der Waals surface area contributed by atoms with Crippen LogP contribution in [0.2, 0.25) is 0 Å². The van der Waals surface area contributed by atoms with Gasteiger partial charge in [0.25, 0.3) is 37.0 Å². The minimum absolute atomic E-state index is 0.0216. The Morgan fingerprint density at radius 1 is 0.421 bits per heavy atom. The van der Waals surface area contributed by atoms with Crippen molar-refractivity contribution in [3.05, 3.63) is 117 Å². The summed E-state index contributed by atoms with van der Waals surface area (Å²) in [6, 6.07) is 4.60. The van der Waals surface area contributed by atoms with E-state index < -0.39 is 19.3 Å². The summed E-state index contributed by atoms with van der Waals surface area (Å²) < 4.78 is 88.5. The summed E-state index contributed by atoms with van der Waals surface area (Å²) in [5.74, 6) is 3.49. The van der Waals surface area contributed by atoms with E-state index in [1.807, 2.05) is 13.7 Å². The molecule has 0 saturated heterocycles. The number of nitrogens with zero attached hydrogens (tertiary/aromatic N) is 15. The van der Waals surface area contributed by atoms with Crippen LogP contribution in [0, 0.1) is 34.0 Å². The number of anilines is 6. The van der Waals surface area contributed by atoms with Gasteiger partial charge >= 0.3 is 0 Å². The normalized spacial score (nSPS) is 22.9. The van der Waals surface area contributed by atoms with Crippen LogP contribution in [0.1, 0.15) is 247 Å². The van der Waals surface area contributed by atoms with Crippen molar-refractivity contribution in [1.82, 2.24) is 89.6 Å². The Kier molecular flexibility index (Phi) is 18.8. The summed E-state index contributed by atoms with van der Waals surface area (Å²) in [5, 5.41) is 55.4.